The summed E-state index contributed by atoms with van der Waals surface area (Å²) in [4.78, 5) is 16.6. The van der Waals surface area contributed by atoms with E-state index in [2.05, 4.69) is 29.2 Å². The van der Waals surface area contributed by atoms with E-state index in [0.717, 1.165) is 38.3 Å². The lowest BCUT2D eigenvalue weighted by atomic mass is 10.2. The molecule has 104 valence electrons. The number of hydrogen-bond acceptors (Lipinski definition) is 3. The van der Waals surface area contributed by atoms with Crippen LogP contribution in [0.3, 0.4) is 0 Å². The molecule has 1 aromatic carbocycles. The molecule has 0 unspecified atom stereocenters. The van der Waals surface area contributed by atoms with Crippen LogP contribution in [0.25, 0.3) is 0 Å². The third-order valence-corrected chi connectivity index (χ3v) is 4.36. The Labute approximate surface area is 123 Å². The zero-order chi connectivity index (χ0) is 13.8. The number of nitrogens with zero attached hydrogens (tertiary/aromatic N) is 2. The lowest BCUT2D eigenvalue weighted by Gasteiger charge is -2.34. The van der Waals surface area contributed by atoms with Crippen molar-refractivity contribution in [3.8, 4) is 0 Å². The average Bonchev–Trinajstić information content (AvgIpc) is 3.03. The molecule has 0 saturated carbocycles. The Morgan fingerprint density at radius 2 is 1.80 bits per heavy atom. The van der Waals surface area contributed by atoms with E-state index < -0.39 is 0 Å². The summed E-state index contributed by atoms with van der Waals surface area (Å²) in [6.07, 6.45) is 0. The molecule has 0 radical (unpaired) electrons. The fourth-order valence-corrected chi connectivity index (χ4v) is 3.15. The second-order valence-corrected chi connectivity index (χ2v) is 5.85. The van der Waals surface area contributed by atoms with Gasteiger partial charge in [0.2, 0.25) is 0 Å². The molecule has 2 heterocycles. The molecule has 1 aliphatic rings. The van der Waals surface area contributed by atoms with Crippen LogP contribution < -0.4 is 0 Å². The van der Waals surface area contributed by atoms with Crippen molar-refractivity contribution < 1.29 is 4.79 Å². The molecule has 0 aliphatic carbocycles. The van der Waals surface area contributed by atoms with Gasteiger partial charge >= 0.3 is 0 Å². The Kier molecular flexibility index (Phi) is 4.14. The number of thiophene rings is 1. The predicted octanol–water partition coefficient (Wildman–Crippen LogP) is 2.71. The summed E-state index contributed by atoms with van der Waals surface area (Å²) in [5.74, 6) is 0.172. The van der Waals surface area contributed by atoms with Gasteiger partial charge in [0.15, 0.2) is 0 Å². The second-order valence-electron chi connectivity index (χ2n) is 5.07. The van der Waals surface area contributed by atoms with Crippen LogP contribution in [0.15, 0.2) is 47.2 Å². The third-order valence-electron chi connectivity index (χ3n) is 3.68. The van der Waals surface area contributed by atoms with Crippen LogP contribution in [0.4, 0.5) is 0 Å². The number of rotatable bonds is 3. The molecule has 4 heteroatoms. The SMILES string of the molecule is O=C(c1ccsc1)N1CCN(Cc2ccccc2)CC1. The van der Waals surface area contributed by atoms with Gasteiger partial charge < -0.3 is 4.90 Å². The molecule has 1 aromatic heterocycles. The van der Waals surface area contributed by atoms with Gasteiger partial charge in [-0.05, 0) is 17.0 Å². The second kappa shape index (κ2) is 6.20. The minimum absolute atomic E-state index is 0.172. The molecule has 0 N–H and O–H groups in total. The van der Waals surface area contributed by atoms with E-state index in [0.29, 0.717) is 0 Å². The monoisotopic (exact) mass is 286 g/mol. The Balaban J connectivity index is 1.53. The molecule has 0 atom stereocenters. The lowest BCUT2D eigenvalue weighted by molar-refractivity contribution is 0.0629. The fraction of sp³-hybridized carbons (Fsp3) is 0.312. The van der Waals surface area contributed by atoms with Crippen molar-refractivity contribution in [2.45, 2.75) is 6.54 Å². The normalized spacial score (nSPS) is 16.3. The highest BCUT2D eigenvalue weighted by Gasteiger charge is 2.22. The predicted molar refractivity (Wildman–Crippen MR) is 81.9 cm³/mol. The summed E-state index contributed by atoms with van der Waals surface area (Å²) in [5.41, 5.74) is 2.16. The van der Waals surface area contributed by atoms with Crippen LogP contribution in [0.2, 0.25) is 0 Å². The summed E-state index contributed by atoms with van der Waals surface area (Å²) in [7, 11) is 0. The first-order valence-electron chi connectivity index (χ1n) is 6.91. The van der Waals surface area contributed by atoms with Crippen LogP contribution in [0.5, 0.6) is 0 Å². The maximum Gasteiger partial charge on any atom is 0.254 e. The standard InChI is InChI=1S/C16H18N2OS/c19-16(15-6-11-20-13-15)18-9-7-17(8-10-18)12-14-4-2-1-3-5-14/h1-6,11,13H,7-10,12H2. The first-order chi connectivity index (χ1) is 9.83. The van der Waals surface area contributed by atoms with Crippen molar-refractivity contribution in [2.24, 2.45) is 0 Å². The van der Waals surface area contributed by atoms with Gasteiger partial charge in [0, 0.05) is 38.1 Å². The quantitative estimate of drug-likeness (QED) is 0.866. The zero-order valence-corrected chi connectivity index (χ0v) is 12.2. The van der Waals surface area contributed by atoms with Crippen molar-refractivity contribution >= 4 is 17.2 Å². The number of carbonyl (C=O) groups excluding carboxylic acids is 1. The molecule has 1 fully saturated rings. The zero-order valence-electron chi connectivity index (χ0n) is 11.4. The van der Waals surface area contributed by atoms with Gasteiger partial charge in [-0.25, -0.2) is 0 Å². The highest BCUT2D eigenvalue weighted by molar-refractivity contribution is 7.08. The minimum atomic E-state index is 0.172. The van der Waals surface area contributed by atoms with Gasteiger partial charge in [-0.1, -0.05) is 30.3 Å². The fourth-order valence-electron chi connectivity index (χ4n) is 2.52. The van der Waals surface area contributed by atoms with Crippen molar-refractivity contribution in [2.75, 3.05) is 26.2 Å². The van der Waals surface area contributed by atoms with E-state index >= 15 is 0 Å². The van der Waals surface area contributed by atoms with Crippen molar-refractivity contribution in [3.63, 3.8) is 0 Å². The van der Waals surface area contributed by atoms with Crippen LogP contribution in [-0.4, -0.2) is 41.9 Å². The molecule has 0 spiro atoms. The molecule has 1 amide bonds. The van der Waals surface area contributed by atoms with Crippen LogP contribution in [-0.2, 0) is 6.54 Å². The maximum atomic E-state index is 12.2. The Hall–Kier alpha value is -1.65. The van der Waals surface area contributed by atoms with Crippen LogP contribution >= 0.6 is 11.3 Å². The highest BCUT2D eigenvalue weighted by Crippen LogP contribution is 2.13. The average molecular weight is 286 g/mol. The Morgan fingerprint density at radius 1 is 1.05 bits per heavy atom. The first kappa shape index (κ1) is 13.3. The molecule has 3 nitrogen and oxygen atoms in total. The number of benzene rings is 1. The van der Waals surface area contributed by atoms with E-state index in [4.69, 9.17) is 0 Å². The van der Waals surface area contributed by atoms with E-state index in [-0.39, 0.29) is 5.91 Å². The molecular weight excluding hydrogens is 268 g/mol. The maximum absolute atomic E-state index is 12.2. The molecule has 0 bridgehead atoms. The van der Waals surface area contributed by atoms with Gasteiger partial charge in [0.05, 0.1) is 5.56 Å². The van der Waals surface area contributed by atoms with E-state index in [1.807, 2.05) is 27.8 Å². The van der Waals surface area contributed by atoms with Gasteiger partial charge in [0.1, 0.15) is 0 Å². The van der Waals surface area contributed by atoms with E-state index in [1.54, 1.807) is 11.3 Å². The van der Waals surface area contributed by atoms with Gasteiger partial charge in [-0.15, -0.1) is 0 Å². The molecule has 1 aliphatic heterocycles. The number of piperazine rings is 1. The summed E-state index contributed by atoms with van der Waals surface area (Å²) in [5, 5.41) is 3.89. The third kappa shape index (κ3) is 3.08. The summed E-state index contributed by atoms with van der Waals surface area (Å²) < 4.78 is 0. The van der Waals surface area contributed by atoms with Gasteiger partial charge in [0.25, 0.3) is 5.91 Å². The lowest BCUT2D eigenvalue weighted by Crippen LogP contribution is -2.48. The highest BCUT2D eigenvalue weighted by atomic mass is 32.1. The molecule has 3 rings (SSSR count). The summed E-state index contributed by atoms with van der Waals surface area (Å²) in [6.45, 7) is 4.51. The topological polar surface area (TPSA) is 23.6 Å². The van der Waals surface area contributed by atoms with E-state index in [9.17, 15) is 4.79 Å². The van der Waals surface area contributed by atoms with Crippen molar-refractivity contribution in [3.05, 3.63) is 58.3 Å². The molecule has 20 heavy (non-hydrogen) atoms. The van der Waals surface area contributed by atoms with Gasteiger partial charge in [-0.2, -0.15) is 11.3 Å². The van der Waals surface area contributed by atoms with Crippen molar-refractivity contribution in [1.82, 2.24) is 9.80 Å². The smallest absolute Gasteiger partial charge is 0.254 e. The Morgan fingerprint density at radius 3 is 2.45 bits per heavy atom. The number of hydrogen-bond donors (Lipinski definition) is 0. The van der Waals surface area contributed by atoms with E-state index in [1.165, 1.54) is 5.56 Å². The number of amides is 1. The summed E-state index contributed by atoms with van der Waals surface area (Å²) in [6, 6.07) is 12.4. The summed E-state index contributed by atoms with van der Waals surface area (Å²) >= 11 is 1.58. The Bertz CT molecular complexity index is 545. The largest absolute Gasteiger partial charge is 0.336 e. The van der Waals surface area contributed by atoms with Crippen LogP contribution in [0, 0.1) is 0 Å². The van der Waals surface area contributed by atoms with Crippen molar-refractivity contribution in [1.29, 1.82) is 0 Å². The molecule has 1 saturated heterocycles. The first-order valence-corrected chi connectivity index (χ1v) is 7.85. The number of carbonyl (C=O) groups is 1. The molecule has 2 aromatic rings. The van der Waals surface area contributed by atoms with Gasteiger partial charge in [-0.3, -0.25) is 9.69 Å². The minimum Gasteiger partial charge on any atom is -0.336 e. The molecular formula is C16H18N2OS. The van der Waals surface area contributed by atoms with Crippen LogP contribution in [0.1, 0.15) is 15.9 Å².